The predicted molar refractivity (Wildman–Crippen MR) is 112 cm³/mol. The smallest absolute Gasteiger partial charge is 0.243 e. The third kappa shape index (κ3) is 5.59. The molecule has 0 spiro atoms. The Kier molecular flexibility index (Phi) is 6.65. The number of para-hydroxylation sites is 1. The SMILES string of the molecule is COC(C)c1cccc(NCC(=O)Nc2ccc(Oc3ccccc3)cc2)c1. The molecule has 0 radical (unpaired) electrons. The van der Waals surface area contributed by atoms with Crippen molar-refractivity contribution in [3.05, 3.63) is 84.4 Å². The fourth-order valence-electron chi connectivity index (χ4n) is 2.66. The molecule has 3 rings (SSSR count). The Bertz CT molecular complexity index is 895. The van der Waals surface area contributed by atoms with Crippen LogP contribution >= 0.6 is 0 Å². The van der Waals surface area contributed by atoms with Gasteiger partial charge in [-0.15, -0.1) is 0 Å². The van der Waals surface area contributed by atoms with Gasteiger partial charge in [0.1, 0.15) is 11.5 Å². The molecule has 2 N–H and O–H groups in total. The van der Waals surface area contributed by atoms with Gasteiger partial charge >= 0.3 is 0 Å². The number of methoxy groups -OCH3 is 1. The number of ether oxygens (including phenoxy) is 2. The van der Waals surface area contributed by atoms with E-state index in [9.17, 15) is 4.79 Å². The molecule has 5 heteroatoms. The highest BCUT2D eigenvalue weighted by atomic mass is 16.5. The maximum Gasteiger partial charge on any atom is 0.243 e. The largest absolute Gasteiger partial charge is 0.457 e. The Morgan fingerprint density at radius 2 is 1.61 bits per heavy atom. The van der Waals surface area contributed by atoms with Crippen LogP contribution in [0.5, 0.6) is 11.5 Å². The van der Waals surface area contributed by atoms with Gasteiger partial charge in [0.2, 0.25) is 5.91 Å². The minimum absolute atomic E-state index is 0.00666. The van der Waals surface area contributed by atoms with Crippen molar-refractivity contribution < 1.29 is 14.3 Å². The summed E-state index contributed by atoms with van der Waals surface area (Å²) in [4.78, 5) is 12.2. The van der Waals surface area contributed by atoms with Crippen molar-refractivity contribution in [3.63, 3.8) is 0 Å². The van der Waals surface area contributed by atoms with Crippen LogP contribution in [0.25, 0.3) is 0 Å². The summed E-state index contributed by atoms with van der Waals surface area (Å²) in [6, 6.07) is 24.7. The van der Waals surface area contributed by atoms with Crippen LogP contribution in [0.3, 0.4) is 0 Å². The van der Waals surface area contributed by atoms with Gasteiger partial charge in [-0.05, 0) is 61.0 Å². The van der Waals surface area contributed by atoms with Crippen molar-refractivity contribution in [1.29, 1.82) is 0 Å². The summed E-state index contributed by atoms with van der Waals surface area (Å²) in [5, 5.41) is 6.01. The van der Waals surface area contributed by atoms with E-state index in [2.05, 4.69) is 10.6 Å². The number of anilines is 2. The van der Waals surface area contributed by atoms with E-state index in [1.54, 1.807) is 7.11 Å². The van der Waals surface area contributed by atoms with Gasteiger partial charge in [-0.1, -0.05) is 30.3 Å². The zero-order valence-electron chi connectivity index (χ0n) is 16.0. The highest BCUT2D eigenvalue weighted by molar-refractivity contribution is 5.93. The number of carbonyl (C=O) groups is 1. The second-order valence-corrected chi connectivity index (χ2v) is 6.34. The number of benzene rings is 3. The molecule has 0 aliphatic rings. The van der Waals surface area contributed by atoms with Crippen LogP contribution in [0.4, 0.5) is 11.4 Å². The molecule has 5 nitrogen and oxygen atoms in total. The average molecular weight is 376 g/mol. The van der Waals surface area contributed by atoms with E-state index in [1.807, 2.05) is 85.8 Å². The van der Waals surface area contributed by atoms with Gasteiger partial charge in [0.25, 0.3) is 0 Å². The van der Waals surface area contributed by atoms with E-state index >= 15 is 0 Å². The molecule has 3 aromatic rings. The van der Waals surface area contributed by atoms with Gasteiger partial charge in [-0.25, -0.2) is 0 Å². The lowest BCUT2D eigenvalue weighted by Gasteiger charge is -2.13. The Labute approximate surface area is 165 Å². The molecule has 0 aliphatic heterocycles. The third-order valence-electron chi connectivity index (χ3n) is 4.28. The first-order valence-electron chi connectivity index (χ1n) is 9.13. The Morgan fingerprint density at radius 3 is 2.32 bits per heavy atom. The van der Waals surface area contributed by atoms with Crippen molar-refractivity contribution in [2.24, 2.45) is 0 Å². The van der Waals surface area contributed by atoms with Crippen LogP contribution in [-0.4, -0.2) is 19.6 Å². The lowest BCUT2D eigenvalue weighted by atomic mass is 10.1. The average Bonchev–Trinajstić information content (AvgIpc) is 2.74. The summed E-state index contributed by atoms with van der Waals surface area (Å²) in [6.07, 6.45) is 0.00666. The molecule has 0 aromatic heterocycles. The fraction of sp³-hybridized carbons (Fsp3) is 0.174. The summed E-state index contributed by atoms with van der Waals surface area (Å²) in [6.45, 7) is 2.16. The van der Waals surface area contributed by atoms with Crippen LogP contribution in [0.2, 0.25) is 0 Å². The van der Waals surface area contributed by atoms with Gasteiger partial charge < -0.3 is 20.1 Å². The van der Waals surface area contributed by atoms with Gasteiger partial charge in [-0.2, -0.15) is 0 Å². The normalized spacial score (nSPS) is 11.5. The summed E-state index contributed by atoms with van der Waals surface area (Å²) < 4.78 is 11.1. The second-order valence-electron chi connectivity index (χ2n) is 6.34. The highest BCUT2D eigenvalue weighted by Crippen LogP contribution is 2.23. The molecule has 1 unspecified atom stereocenters. The van der Waals surface area contributed by atoms with Crippen LogP contribution in [0, 0.1) is 0 Å². The highest BCUT2D eigenvalue weighted by Gasteiger charge is 2.06. The Hall–Kier alpha value is -3.31. The minimum Gasteiger partial charge on any atom is -0.457 e. The van der Waals surface area contributed by atoms with Gasteiger partial charge in [0.15, 0.2) is 0 Å². The van der Waals surface area contributed by atoms with E-state index in [4.69, 9.17) is 9.47 Å². The van der Waals surface area contributed by atoms with Gasteiger partial charge in [-0.3, -0.25) is 4.79 Å². The molecule has 144 valence electrons. The number of hydrogen-bond acceptors (Lipinski definition) is 4. The number of amides is 1. The van der Waals surface area contributed by atoms with Gasteiger partial charge in [0, 0.05) is 18.5 Å². The molecular formula is C23H24N2O3. The van der Waals surface area contributed by atoms with Crippen molar-refractivity contribution >= 4 is 17.3 Å². The van der Waals surface area contributed by atoms with E-state index in [0.717, 1.165) is 17.0 Å². The van der Waals surface area contributed by atoms with Crippen molar-refractivity contribution in [2.75, 3.05) is 24.3 Å². The first-order chi connectivity index (χ1) is 13.6. The monoisotopic (exact) mass is 376 g/mol. The maximum atomic E-state index is 12.2. The summed E-state index contributed by atoms with van der Waals surface area (Å²) in [7, 11) is 1.67. The zero-order valence-corrected chi connectivity index (χ0v) is 16.0. The molecule has 1 atom stereocenters. The molecule has 0 saturated heterocycles. The number of rotatable bonds is 8. The van der Waals surface area contributed by atoms with Crippen molar-refractivity contribution in [2.45, 2.75) is 13.0 Å². The fourth-order valence-corrected chi connectivity index (χ4v) is 2.66. The molecule has 0 aliphatic carbocycles. The molecule has 28 heavy (non-hydrogen) atoms. The summed E-state index contributed by atoms with van der Waals surface area (Å²) >= 11 is 0. The standard InChI is InChI=1S/C23H24N2O3/c1-17(27-2)18-7-6-8-20(15-18)24-16-23(26)25-19-11-13-22(14-12-19)28-21-9-4-3-5-10-21/h3-15,17,24H,16H2,1-2H3,(H,25,26). The van der Waals surface area contributed by atoms with E-state index in [1.165, 1.54) is 0 Å². The van der Waals surface area contributed by atoms with Crippen LogP contribution in [0.15, 0.2) is 78.9 Å². The quantitative estimate of drug-likeness (QED) is 0.565. The van der Waals surface area contributed by atoms with E-state index < -0.39 is 0 Å². The van der Waals surface area contributed by atoms with Crippen LogP contribution in [0.1, 0.15) is 18.6 Å². The van der Waals surface area contributed by atoms with E-state index in [-0.39, 0.29) is 18.6 Å². The maximum absolute atomic E-state index is 12.2. The predicted octanol–water partition coefficient (Wildman–Crippen LogP) is 5.24. The van der Waals surface area contributed by atoms with Gasteiger partial charge in [0.05, 0.1) is 12.6 Å². The molecule has 0 saturated carbocycles. The molecule has 0 heterocycles. The first-order valence-corrected chi connectivity index (χ1v) is 9.13. The van der Waals surface area contributed by atoms with Crippen molar-refractivity contribution in [3.8, 4) is 11.5 Å². The topological polar surface area (TPSA) is 59.6 Å². The molecule has 0 fully saturated rings. The lowest BCUT2D eigenvalue weighted by molar-refractivity contribution is -0.114. The molecule has 0 bridgehead atoms. The number of hydrogen-bond donors (Lipinski definition) is 2. The third-order valence-corrected chi connectivity index (χ3v) is 4.28. The summed E-state index contributed by atoms with van der Waals surface area (Å²) in [5.41, 5.74) is 2.65. The lowest BCUT2D eigenvalue weighted by Crippen LogP contribution is -2.21. The van der Waals surface area contributed by atoms with E-state index in [0.29, 0.717) is 11.4 Å². The molecule has 3 aromatic carbocycles. The van der Waals surface area contributed by atoms with Crippen molar-refractivity contribution in [1.82, 2.24) is 0 Å². The first kappa shape index (κ1) is 19.5. The zero-order chi connectivity index (χ0) is 19.8. The Balaban J connectivity index is 1.51. The number of carbonyl (C=O) groups excluding carboxylic acids is 1. The minimum atomic E-state index is -0.123. The van der Waals surface area contributed by atoms with Crippen LogP contribution < -0.4 is 15.4 Å². The molecular weight excluding hydrogens is 352 g/mol. The molecule has 1 amide bonds. The Morgan fingerprint density at radius 1 is 0.893 bits per heavy atom. The number of nitrogens with one attached hydrogen (secondary N) is 2. The van der Waals surface area contributed by atoms with Crippen LogP contribution in [-0.2, 0) is 9.53 Å². The second kappa shape index (κ2) is 9.58. The summed E-state index contributed by atoms with van der Waals surface area (Å²) in [5.74, 6) is 1.36.